The summed E-state index contributed by atoms with van der Waals surface area (Å²) in [5.74, 6) is 0.243. The van der Waals surface area contributed by atoms with Crippen molar-refractivity contribution >= 4 is 28.1 Å². The SMILES string of the molecule is CCOc1ncccc1C(=O)NC[C@H](c1cccs1)c1c[nH]c2ccccc12. The number of aromatic amines is 1. The highest BCUT2D eigenvalue weighted by molar-refractivity contribution is 7.10. The van der Waals surface area contributed by atoms with Crippen molar-refractivity contribution in [1.82, 2.24) is 15.3 Å². The monoisotopic (exact) mass is 391 g/mol. The van der Waals surface area contributed by atoms with Crippen molar-refractivity contribution in [1.29, 1.82) is 0 Å². The molecule has 1 amide bonds. The predicted molar refractivity (Wildman–Crippen MR) is 112 cm³/mol. The van der Waals surface area contributed by atoms with Gasteiger partial charge < -0.3 is 15.0 Å². The molecule has 6 heteroatoms. The summed E-state index contributed by atoms with van der Waals surface area (Å²) in [7, 11) is 0. The maximum atomic E-state index is 12.8. The van der Waals surface area contributed by atoms with Gasteiger partial charge in [0.15, 0.2) is 0 Å². The molecule has 0 aliphatic heterocycles. The van der Waals surface area contributed by atoms with E-state index in [1.165, 1.54) is 15.8 Å². The molecule has 0 saturated carbocycles. The quantitative estimate of drug-likeness (QED) is 0.484. The molecule has 5 nitrogen and oxygen atoms in total. The zero-order valence-electron chi connectivity index (χ0n) is 15.5. The number of nitrogens with one attached hydrogen (secondary N) is 2. The molecule has 0 spiro atoms. The largest absolute Gasteiger partial charge is 0.477 e. The molecule has 0 aliphatic rings. The number of hydrogen-bond donors (Lipinski definition) is 2. The van der Waals surface area contributed by atoms with Crippen LogP contribution in [0.15, 0.2) is 66.3 Å². The summed E-state index contributed by atoms with van der Waals surface area (Å²) in [6.07, 6.45) is 3.67. The summed E-state index contributed by atoms with van der Waals surface area (Å²) < 4.78 is 5.49. The molecule has 0 saturated heterocycles. The molecular weight excluding hydrogens is 370 g/mol. The van der Waals surface area contributed by atoms with E-state index in [-0.39, 0.29) is 11.8 Å². The van der Waals surface area contributed by atoms with Crippen molar-refractivity contribution in [2.45, 2.75) is 12.8 Å². The van der Waals surface area contributed by atoms with E-state index in [2.05, 4.69) is 38.9 Å². The number of ether oxygens (including phenoxy) is 1. The van der Waals surface area contributed by atoms with Gasteiger partial charge >= 0.3 is 0 Å². The first-order valence-corrected chi connectivity index (χ1v) is 10.1. The van der Waals surface area contributed by atoms with Crippen LogP contribution in [0, 0.1) is 0 Å². The van der Waals surface area contributed by atoms with E-state index in [0.717, 1.165) is 5.52 Å². The summed E-state index contributed by atoms with van der Waals surface area (Å²) in [5, 5.41) is 6.31. The third-order valence-electron chi connectivity index (χ3n) is 4.65. The molecule has 0 fully saturated rings. The second-order valence-electron chi connectivity index (χ2n) is 6.36. The summed E-state index contributed by atoms with van der Waals surface area (Å²) in [6.45, 7) is 2.83. The highest BCUT2D eigenvalue weighted by Crippen LogP contribution is 2.33. The normalized spacial score (nSPS) is 12.0. The number of para-hydroxylation sites is 1. The molecule has 142 valence electrons. The molecule has 0 aliphatic carbocycles. The van der Waals surface area contributed by atoms with Crippen LogP contribution in [0.2, 0.25) is 0 Å². The number of fused-ring (bicyclic) bond motifs is 1. The zero-order valence-corrected chi connectivity index (χ0v) is 16.3. The number of amides is 1. The second kappa shape index (κ2) is 8.27. The molecule has 4 rings (SSSR count). The number of thiophene rings is 1. The van der Waals surface area contributed by atoms with E-state index in [9.17, 15) is 4.79 Å². The number of nitrogens with zero attached hydrogens (tertiary/aromatic N) is 1. The average Bonchev–Trinajstić information content (AvgIpc) is 3.40. The van der Waals surface area contributed by atoms with Crippen LogP contribution in [0.3, 0.4) is 0 Å². The van der Waals surface area contributed by atoms with E-state index in [1.54, 1.807) is 29.7 Å². The Morgan fingerprint density at radius 2 is 2.11 bits per heavy atom. The number of H-pyrrole nitrogens is 1. The third kappa shape index (κ3) is 3.64. The van der Waals surface area contributed by atoms with E-state index in [0.29, 0.717) is 24.6 Å². The topological polar surface area (TPSA) is 67.0 Å². The zero-order chi connectivity index (χ0) is 19.3. The Morgan fingerprint density at radius 1 is 1.21 bits per heavy atom. The number of aromatic nitrogens is 2. The number of carbonyl (C=O) groups is 1. The van der Waals surface area contributed by atoms with Gasteiger partial charge in [-0.05, 0) is 42.1 Å². The fourth-order valence-electron chi connectivity index (χ4n) is 3.34. The lowest BCUT2D eigenvalue weighted by atomic mass is 9.96. The molecular formula is C22H21N3O2S. The Labute approximate surface area is 167 Å². The van der Waals surface area contributed by atoms with E-state index in [4.69, 9.17) is 4.74 Å². The Bertz CT molecular complexity index is 1070. The van der Waals surface area contributed by atoms with E-state index < -0.39 is 0 Å². The molecule has 28 heavy (non-hydrogen) atoms. The van der Waals surface area contributed by atoms with Crippen LogP contribution < -0.4 is 10.1 Å². The van der Waals surface area contributed by atoms with Gasteiger partial charge in [0.2, 0.25) is 5.88 Å². The van der Waals surface area contributed by atoms with Crippen LogP contribution >= 0.6 is 11.3 Å². The van der Waals surface area contributed by atoms with Crippen molar-refractivity contribution in [3.63, 3.8) is 0 Å². The molecule has 1 atom stereocenters. The van der Waals surface area contributed by atoms with Crippen LogP contribution in [-0.4, -0.2) is 29.0 Å². The van der Waals surface area contributed by atoms with Crippen LogP contribution in [0.25, 0.3) is 10.9 Å². The van der Waals surface area contributed by atoms with Crippen LogP contribution in [-0.2, 0) is 0 Å². The Kier molecular flexibility index (Phi) is 5.39. The lowest BCUT2D eigenvalue weighted by Crippen LogP contribution is -2.29. The minimum atomic E-state index is -0.182. The van der Waals surface area contributed by atoms with E-state index in [1.807, 2.05) is 31.3 Å². The average molecular weight is 391 g/mol. The molecule has 0 radical (unpaired) electrons. The van der Waals surface area contributed by atoms with Gasteiger partial charge in [-0.25, -0.2) is 4.98 Å². The van der Waals surface area contributed by atoms with Gasteiger partial charge in [0.1, 0.15) is 5.56 Å². The van der Waals surface area contributed by atoms with Crippen LogP contribution in [0.5, 0.6) is 5.88 Å². The second-order valence-corrected chi connectivity index (χ2v) is 7.34. The van der Waals surface area contributed by atoms with Gasteiger partial charge in [-0.1, -0.05) is 24.3 Å². The van der Waals surface area contributed by atoms with Crippen molar-refractivity contribution in [2.75, 3.05) is 13.2 Å². The molecule has 0 unspecified atom stereocenters. The number of carbonyl (C=O) groups excluding carboxylic acids is 1. The lowest BCUT2D eigenvalue weighted by Gasteiger charge is -2.17. The summed E-state index contributed by atoms with van der Waals surface area (Å²) >= 11 is 1.69. The molecule has 3 aromatic heterocycles. The number of benzene rings is 1. The van der Waals surface area contributed by atoms with Crippen molar-refractivity contribution in [2.24, 2.45) is 0 Å². The van der Waals surface area contributed by atoms with Gasteiger partial charge in [-0.2, -0.15) is 0 Å². The first-order valence-electron chi connectivity index (χ1n) is 9.23. The fourth-order valence-corrected chi connectivity index (χ4v) is 4.19. The van der Waals surface area contributed by atoms with Gasteiger partial charge in [-0.15, -0.1) is 11.3 Å². The maximum absolute atomic E-state index is 12.8. The highest BCUT2D eigenvalue weighted by Gasteiger charge is 2.21. The molecule has 3 heterocycles. The molecule has 1 aromatic carbocycles. The summed E-state index contributed by atoms with van der Waals surface area (Å²) in [5.41, 5.74) is 2.72. The molecule has 0 bridgehead atoms. The maximum Gasteiger partial charge on any atom is 0.256 e. The standard InChI is InChI=1S/C22H21N3O2S/c1-2-27-22-16(8-5-11-23-22)21(26)25-14-18(20-10-6-12-28-20)17-13-24-19-9-4-3-7-15(17)19/h3-13,18,24H,2,14H2,1H3,(H,25,26)/t18-/m0/s1. The van der Waals surface area contributed by atoms with Gasteiger partial charge in [0, 0.05) is 40.6 Å². The number of pyridine rings is 1. The first-order chi connectivity index (χ1) is 13.8. The van der Waals surface area contributed by atoms with Crippen LogP contribution in [0.1, 0.15) is 33.6 Å². The van der Waals surface area contributed by atoms with Gasteiger partial charge in [0.25, 0.3) is 5.91 Å². The third-order valence-corrected chi connectivity index (χ3v) is 5.63. The summed E-state index contributed by atoms with van der Waals surface area (Å²) in [4.78, 5) is 21.5. The molecule has 4 aromatic rings. The first kappa shape index (κ1) is 18.3. The van der Waals surface area contributed by atoms with Crippen LogP contribution in [0.4, 0.5) is 0 Å². The van der Waals surface area contributed by atoms with Gasteiger partial charge in [-0.3, -0.25) is 4.79 Å². The smallest absolute Gasteiger partial charge is 0.256 e. The highest BCUT2D eigenvalue weighted by atomic mass is 32.1. The minimum absolute atomic E-state index is 0.0623. The number of hydrogen-bond acceptors (Lipinski definition) is 4. The van der Waals surface area contributed by atoms with Crippen molar-refractivity contribution < 1.29 is 9.53 Å². The Morgan fingerprint density at radius 3 is 2.93 bits per heavy atom. The van der Waals surface area contributed by atoms with Crippen molar-refractivity contribution in [3.05, 3.63) is 82.3 Å². The van der Waals surface area contributed by atoms with E-state index >= 15 is 0 Å². The minimum Gasteiger partial charge on any atom is -0.477 e. The summed E-state index contributed by atoms with van der Waals surface area (Å²) in [6, 6.07) is 15.9. The lowest BCUT2D eigenvalue weighted by molar-refractivity contribution is 0.0948. The van der Waals surface area contributed by atoms with Gasteiger partial charge in [0.05, 0.1) is 6.61 Å². The van der Waals surface area contributed by atoms with Crippen molar-refractivity contribution in [3.8, 4) is 5.88 Å². The molecule has 2 N–H and O–H groups in total. The predicted octanol–water partition coefficient (Wildman–Crippen LogP) is 4.59. The Balaban J connectivity index is 1.60. The fraction of sp³-hybridized carbons (Fsp3) is 0.182. The number of rotatable bonds is 7. The Hall–Kier alpha value is -3.12.